The number of aryl methyl sites for hydroxylation is 2. The van der Waals surface area contributed by atoms with Gasteiger partial charge in [-0.15, -0.1) is 0 Å². The van der Waals surface area contributed by atoms with Crippen LogP contribution in [-0.2, 0) is 17.6 Å². The van der Waals surface area contributed by atoms with Crippen LogP contribution in [0.15, 0.2) is 60.9 Å². The Morgan fingerprint density at radius 2 is 2.06 bits per heavy atom. The number of pyridine rings is 1. The van der Waals surface area contributed by atoms with Crippen molar-refractivity contribution in [2.24, 2.45) is 0 Å². The van der Waals surface area contributed by atoms with Gasteiger partial charge in [0.25, 0.3) is 0 Å². The van der Waals surface area contributed by atoms with Gasteiger partial charge in [-0.05, 0) is 84.3 Å². The number of ether oxygens (including phenoxy) is 1. The summed E-state index contributed by atoms with van der Waals surface area (Å²) in [4.78, 5) is 16.6. The molecule has 0 bridgehead atoms. The highest BCUT2D eigenvalue weighted by Gasteiger charge is 2.08. The minimum Gasteiger partial charge on any atom is -0.497 e. The normalized spacial score (nSPS) is 12.2. The summed E-state index contributed by atoms with van der Waals surface area (Å²) in [5.41, 5.74) is 3.61. The summed E-state index contributed by atoms with van der Waals surface area (Å²) in [7, 11) is 1.68. The number of methoxy groups -OCH3 is 1. The third-order valence-corrected chi connectivity index (χ3v) is 5.50. The fourth-order valence-electron chi connectivity index (χ4n) is 3.89. The van der Waals surface area contributed by atoms with Crippen molar-refractivity contribution < 1.29 is 9.53 Å². The molecule has 162 valence electrons. The first kappa shape index (κ1) is 22.5. The Morgan fingerprint density at radius 3 is 2.81 bits per heavy atom. The van der Waals surface area contributed by atoms with Gasteiger partial charge in [0, 0.05) is 24.5 Å². The van der Waals surface area contributed by atoms with Gasteiger partial charge < -0.3 is 10.1 Å². The highest BCUT2D eigenvalue weighted by molar-refractivity contribution is 5.94. The highest BCUT2D eigenvalue weighted by atomic mass is 16.5. The van der Waals surface area contributed by atoms with Crippen LogP contribution in [0.1, 0.15) is 49.8 Å². The van der Waals surface area contributed by atoms with E-state index in [1.54, 1.807) is 19.4 Å². The van der Waals surface area contributed by atoms with E-state index in [1.807, 2.05) is 24.4 Å². The molecule has 0 aliphatic carbocycles. The zero-order valence-corrected chi connectivity index (χ0v) is 18.7. The molecular weight excluding hydrogens is 384 g/mol. The topological polar surface area (TPSA) is 51.2 Å². The summed E-state index contributed by atoms with van der Waals surface area (Å²) in [6.07, 6.45) is 12.2. The molecule has 3 rings (SSSR count). The quantitative estimate of drug-likeness (QED) is 0.429. The van der Waals surface area contributed by atoms with E-state index in [4.69, 9.17) is 4.74 Å². The van der Waals surface area contributed by atoms with Crippen LogP contribution in [0.5, 0.6) is 5.75 Å². The first-order chi connectivity index (χ1) is 15.1. The number of fused-ring (bicyclic) bond motifs is 1. The van der Waals surface area contributed by atoms with E-state index in [0.29, 0.717) is 0 Å². The second-order valence-electron chi connectivity index (χ2n) is 7.97. The molecule has 0 saturated heterocycles. The number of carbonyl (C=O) groups is 1. The van der Waals surface area contributed by atoms with Crippen LogP contribution in [0.2, 0.25) is 0 Å². The number of nitrogens with one attached hydrogen (secondary N) is 1. The SMILES string of the molecule is CCCc1c(/C=C/C(=O)NC(C)CCCc2cccnc2)ccc2cc(OC)ccc12. The largest absolute Gasteiger partial charge is 0.497 e. The van der Waals surface area contributed by atoms with Crippen molar-refractivity contribution in [1.82, 2.24) is 10.3 Å². The molecule has 0 fully saturated rings. The van der Waals surface area contributed by atoms with Gasteiger partial charge >= 0.3 is 0 Å². The monoisotopic (exact) mass is 416 g/mol. The maximum absolute atomic E-state index is 12.5. The number of nitrogens with zero attached hydrogens (tertiary/aromatic N) is 1. The molecule has 4 nitrogen and oxygen atoms in total. The van der Waals surface area contributed by atoms with E-state index < -0.39 is 0 Å². The Bertz CT molecular complexity index is 1030. The first-order valence-corrected chi connectivity index (χ1v) is 11.1. The van der Waals surface area contributed by atoms with E-state index >= 15 is 0 Å². The van der Waals surface area contributed by atoms with E-state index in [0.717, 1.165) is 48.8 Å². The molecule has 1 amide bonds. The Labute approximate surface area is 185 Å². The molecule has 31 heavy (non-hydrogen) atoms. The van der Waals surface area contributed by atoms with Crippen molar-refractivity contribution >= 4 is 22.8 Å². The Balaban J connectivity index is 1.61. The Hall–Kier alpha value is -3.14. The third-order valence-electron chi connectivity index (χ3n) is 5.50. The van der Waals surface area contributed by atoms with Crippen molar-refractivity contribution in [3.63, 3.8) is 0 Å². The summed E-state index contributed by atoms with van der Waals surface area (Å²) in [5.74, 6) is 0.807. The molecule has 1 heterocycles. The van der Waals surface area contributed by atoms with Crippen LogP contribution in [-0.4, -0.2) is 24.0 Å². The van der Waals surface area contributed by atoms with Gasteiger partial charge in [0.05, 0.1) is 7.11 Å². The maximum atomic E-state index is 12.5. The van der Waals surface area contributed by atoms with Crippen molar-refractivity contribution in [3.05, 3.63) is 77.6 Å². The van der Waals surface area contributed by atoms with Crippen LogP contribution < -0.4 is 10.1 Å². The highest BCUT2D eigenvalue weighted by Crippen LogP contribution is 2.28. The van der Waals surface area contributed by atoms with E-state index in [2.05, 4.69) is 54.5 Å². The molecule has 1 atom stereocenters. The van der Waals surface area contributed by atoms with E-state index in [-0.39, 0.29) is 11.9 Å². The van der Waals surface area contributed by atoms with E-state index in [1.165, 1.54) is 16.5 Å². The van der Waals surface area contributed by atoms with Crippen molar-refractivity contribution in [2.75, 3.05) is 7.11 Å². The number of benzene rings is 2. The number of rotatable bonds is 10. The van der Waals surface area contributed by atoms with Crippen molar-refractivity contribution in [2.45, 2.75) is 52.0 Å². The van der Waals surface area contributed by atoms with Crippen LogP contribution in [0.4, 0.5) is 0 Å². The van der Waals surface area contributed by atoms with Gasteiger partial charge in [0.2, 0.25) is 5.91 Å². The number of aromatic nitrogens is 1. The lowest BCUT2D eigenvalue weighted by Gasteiger charge is -2.13. The smallest absolute Gasteiger partial charge is 0.244 e. The summed E-state index contributed by atoms with van der Waals surface area (Å²) in [5, 5.41) is 5.46. The molecule has 1 N–H and O–H groups in total. The van der Waals surface area contributed by atoms with Gasteiger partial charge in [0.15, 0.2) is 0 Å². The predicted molar refractivity (Wildman–Crippen MR) is 128 cm³/mol. The molecule has 0 aliphatic heterocycles. The summed E-state index contributed by atoms with van der Waals surface area (Å²) < 4.78 is 5.35. The third kappa shape index (κ3) is 6.42. The molecular formula is C27H32N2O2. The molecule has 1 unspecified atom stereocenters. The standard InChI is InChI=1S/C27H32N2O2/c1-4-7-25-22(11-12-23-18-24(31-3)14-15-26(23)25)13-16-27(30)29-20(2)8-5-9-21-10-6-17-28-19-21/h6,10-20H,4-5,7-9H2,1-3H3,(H,29,30)/b16-13+. The fraction of sp³-hybridized carbons (Fsp3) is 0.333. The molecule has 3 aromatic rings. The summed E-state index contributed by atoms with van der Waals surface area (Å²) in [6.45, 7) is 4.23. The summed E-state index contributed by atoms with van der Waals surface area (Å²) in [6, 6.07) is 14.5. The van der Waals surface area contributed by atoms with Gasteiger partial charge in [-0.25, -0.2) is 0 Å². The second-order valence-corrected chi connectivity index (χ2v) is 7.97. The van der Waals surface area contributed by atoms with Gasteiger partial charge in [0.1, 0.15) is 5.75 Å². The lowest BCUT2D eigenvalue weighted by Crippen LogP contribution is -2.31. The molecule has 0 aliphatic rings. The Morgan fingerprint density at radius 1 is 1.19 bits per heavy atom. The molecule has 0 radical (unpaired) electrons. The lowest BCUT2D eigenvalue weighted by atomic mass is 9.95. The zero-order chi connectivity index (χ0) is 22.1. The minimum atomic E-state index is -0.0499. The predicted octanol–water partition coefficient (Wildman–Crippen LogP) is 5.74. The maximum Gasteiger partial charge on any atom is 0.244 e. The number of amides is 1. The second kappa shape index (κ2) is 11.3. The van der Waals surface area contributed by atoms with Gasteiger partial charge in [-0.2, -0.15) is 0 Å². The van der Waals surface area contributed by atoms with Crippen LogP contribution in [0.25, 0.3) is 16.8 Å². The average molecular weight is 417 g/mol. The molecule has 0 spiro atoms. The minimum absolute atomic E-state index is 0.0499. The molecule has 4 heteroatoms. The zero-order valence-electron chi connectivity index (χ0n) is 18.7. The average Bonchev–Trinajstić information content (AvgIpc) is 2.79. The Kier molecular flexibility index (Phi) is 8.22. The lowest BCUT2D eigenvalue weighted by molar-refractivity contribution is -0.117. The number of carbonyl (C=O) groups excluding carboxylic acids is 1. The summed E-state index contributed by atoms with van der Waals surface area (Å²) >= 11 is 0. The van der Waals surface area contributed by atoms with Crippen LogP contribution in [0.3, 0.4) is 0 Å². The number of hydrogen-bond donors (Lipinski definition) is 1. The van der Waals surface area contributed by atoms with Crippen LogP contribution in [0, 0.1) is 0 Å². The van der Waals surface area contributed by atoms with Gasteiger partial charge in [-0.3, -0.25) is 9.78 Å². The van der Waals surface area contributed by atoms with Crippen LogP contribution >= 0.6 is 0 Å². The van der Waals surface area contributed by atoms with Crippen molar-refractivity contribution in [1.29, 1.82) is 0 Å². The van der Waals surface area contributed by atoms with Crippen molar-refractivity contribution in [3.8, 4) is 5.75 Å². The molecule has 1 aromatic heterocycles. The van der Waals surface area contributed by atoms with Gasteiger partial charge in [-0.1, -0.05) is 37.6 Å². The molecule has 0 saturated carbocycles. The molecule has 2 aromatic carbocycles. The first-order valence-electron chi connectivity index (χ1n) is 11.1. The number of hydrogen-bond acceptors (Lipinski definition) is 3. The van der Waals surface area contributed by atoms with E-state index in [9.17, 15) is 4.79 Å². The fourth-order valence-corrected chi connectivity index (χ4v) is 3.89.